The summed E-state index contributed by atoms with van der Waals surface area (Å²) in [6, 6.07) is 17.8. The van der Waals surface area contributed by atoms with Crippen LogP contribution in [0, 0.1) is 11.6 Å². The van der Waals surface area contributed by atoms with Crippen molar-refractivity contribution in [1.29, 1.82) is 0 Å². The van der Waals surface area contributed by atoms with Crippen molar-refractivity contribution in [2.75, 3.05) is 0 Å². The van der Waals surface area contributed by atoms with Crippen LogP contribution in [0.4, 0.5) is 8.78 Å². The van der Waals surface area contributed by atoms with Crippen molar-refractivity contribution >= 4 is 34.1 Å². The van der Waals surface area contributed by atoms with E-state index < -0.39 is 22.5 Å². The van der Waals surface area contributed by atoms with Gasteiger partial charge in [-0.05, 0) is 60.7 Å². The van der Waals surface area contributed by atoms with Gasteiger partial charge in [-0.15, -0.1) is 0 Å². The highest BCUT2D eigenvalue weighted by molar-refractivity contribution is 7.97. The second-order valence-corrected chi connectivity index (χ2v) is 7.66. The van der Waals surface area contributed by atoms with Crippen molar-refractivity contribution in [2.24, 2.45) is 0 Å². The molecule has 0 radical (unpaired) electrons. The molecule has 0 saturated carbocycles. The lowest BCUT2D eigenvalue weighted by Crippen LogP contribution is -2.07. The summed E-state index contributed by atoms with van der Waals surface area (Å²) < 4.78 is 28.0. The van der Waals surface area contributed by atoms with Gasteiger partial charge in [-0.25, -0.2) is 8.78 Å². The highest BCUT2D eigenvalue weighted by Crippen LogP contribution is 2.34. The summed E-state index contributed by atoms with van der Waals surface area (Å²) in [5, 5.41) is 1.18. The van der Waals surface area contributed by atoms with E-state index in [-0.39, 0.29) is 0 Å². The molecule has 5 heteroatoms. The molecule has 0 aliphatic rings. The average Bonchev–Trinajstić information content (AvgIpc) is 2.54. The van der Waals surface area contributed by atoms with E-state index >= 15 is 0 Å². The van der Waals surface area contributed by atoms with Crippen molar-refractivity contribution in [3.05, 3.63) is 88.4 Å². The van der Waals surface area contributed by atoms with Crippen LogP contribution in [0.1, 0.15) is 0 Å². The largest absolute Gasteiger partial charge is 0.207 e. The highest BCUT2D eigenvalue weighted by atomic mass is 35.5. The van der Waals surface area contributed by atoms with Crippen molar-refractivity contribution in [3.8, 4) is 0 Å². The van der Waals surface area contributed by atoms with Crippen LogP contribution in [0.5, 0.6) is 0 Å². The van der Waals surface area contributed by atoms with Crippen LogP contribution in [0.25, 0.3) is 0 Å². The van der Waals surface area contributed by atoms with E-state index in [2.05, 4.69) is 0 Å². The summed E-state index contributed by atoms with van der Waals surface area (Å²) in [6.07, 6.45) is 0. The molecule has 0 N–H and O–H groups in total. The van der Waals surface area contributed by atoms with E-state index in [1.165, 1.54) is 6.07 Å². The smallest absolute Gasteiger partial charge is 0.205 e. The zero-order valence-electron chi connectivity index (χ0n) is 11.8. The molecular formula is C18H11Cl2F2S+. The average molecular weight is 368 g/mol. The Bertz CT molecular complexity index is 772. The fraction of sp³-hybridized carbons (Fsp3) is 0. The molecule has 0 nitrogen and oxygen atoms in total. The van der Waals surface area contributed by atoms with E-state index in [0.29, 0.717) is 14.9 Å². The Labute approximate surface area is 146 Å². The third-order valence-corrected chi connectivity index (χ3v) is 5.96. The van der Waals surface area contributed by atoms with E-state index in [0.717, 1.165) is 21.9 Å². The molecule has 0 bridgehead atoms. The summed E-state index contributed by atoms with van der Waals surface area (Å²) in [7, 11) is -0.785. The van der Waals surface area contributed by atoms with Gasteiger partial charge < -0.3 is 0 Å². The van der Waals surface area contributed by atoms with Gasteiger partial charge >= 0.3 is 0 Å². The minimum Gasteiger partial charge on any atom is -0.207 e. The molecule has 0 fully saturated rings. The van der Waals surface area contributed by atoms with Gasteiger partial charge in [0.25, 0.3) is 0 Å². The number of halogens is 4. The maximum atomic E-state index is 14.3. The van der Waals surface area contributed by atoms with Gasteiger partial charge in [0.1, 0.15) is 16.7 Å². The molecule has 0 spiro atoms. The predicted molar refractivity (Wildman–Crippen MR) is 91.4 cm³/mol. The third kappa shape index (κ3) is 3.69. The molecule has 3 aromatic rings. The van der Waals surface area contributed by atoms with Crippen LogP contribution in [-0.2, 0) is 10.9 Å². The van der Waals surface area contributed by atoms with Crippen LogP contribution in [-0.4, -0.2) is 0 Å². The Balaban J connectivity index is 2.18. The Hall–Kier alpha value is -1.55. The molecule has 0 aliphatic heterocycles. The fourth-order valence-corrected chi connectivity index (χ4v) is 4.51. The van der Waals surface area contributed by atoms with E-state index in [9.17, 15) is 8.78 Å². The zero-order valence-corrected chi connectivity index (χ0v) is 14.1. The molecule has 0 aromatic heterocycles. The minimum atomic E-state index is -0.785. The lowest BCUT2D eigenvalue weighted by Gasteiger charge is -2.09. The SMILES string of the molecule is Fc1ccc(F)c([S+](c2ccc(Cl)cc2)c2ccc(Cl)cc2)c1. The Morgan fingerprint density at radius 3 is 1.61 bits per heavy atom. The summed E-state index contributed by atoms with van der Waals surface area (Å²) >= 11 is 11.9. The second kappa shape index (κ2) is 6.91. The first-order valence-electron chi connectivity index (χ1n) is 6.75. The summed E-state index contributed by atoms with van der Waals surface area (Å²) in [4.78, 5) is 2.00. The van der Waals surface area contributed by atoms with Crippen molar-refractivity contribution < 1.29 is 8.78 Å². The van der Waals surface area contributed by atoms with Crippen LogP contribution in [0.2, 0.25) is 10.0 Å². The molecule has 0 unspecified atom stereocenters. The van der Waals surface area contributed by atoms with Crippen LogP contribution in [0.3, 0.4) is 0 Å². The first-order valence-corrected chi connectivity index (χ1v) is 8.73. The zero-order chi connectivity index (χ0) is 16.4. The van der Waals surface area contributed by atoms with E-state index in [4.69, 9.17) is 23.2 Å². The predicted octanol–water partition coefficient (Wildman–Crippen LogP) is 6.37. The van der Waals surface area contributed by atoms with E-state index in [1.54, 1.807) is 24.3 Å². The minimum absolute atomic E-state index is 0.301. The first-order chi connectivity index (χ1) is 11.0. The molecule has 0 aliphatic carbocycles. The third-order valence-electron chi connectivity index (χ3n) is 3.21. The van der Waals surface area contributed by atoms with Crippen LogP contribution < -0.4 is 0 Å². The van der Waals surface area contributed by atoms with Crippen molar-refractivity contribution in [3.63, 3.8) is 0 Å². The molecule has 116 valence electrons. The van der Waals surface area contributed by atoms with E-state index in [1.807, 2.05) is 24.3 Å². The Morgan fingerprint density at radius 2 is 1.13 bits per heavy atom. The molecule has 0 amide bonds. The number of hydrogen-bond donors (Lipinski definition) is 0. The maximum Gasteiger partial charge on any atom is 0.205 e. The highest BCUT2D eigenvalue weighted by Gasteiger charge is 2.32. The lowest BCUT2D eigenvalue weighted by atomic mass is 10.3. The summed E-state index contributed by atoms with van der Waals surface area (Å²) in [5.74, 6) is -0.915. The number of benzene rings is 3. The van der Waals surface area contributed by atoms with Gasteiger partial charge in [-0.2, -0.15) is 0 Å². The molecule has 0 saturated heterocycles. The van der Waals surface area contributed by atoms with Gasteiger partial charge in [0.05, 0.1) is 0 Å². The Kier molecular flexibility index (Phi) is 4.90. The van der Waals surface area contributed by atoms with Gasteiger partial charge in [-0.1, -0.05) is 23.2 Å². The lowest BCUT2D eigenvalue weighted by molar-refractivity contribution is 0.576. The molecule has 3 aromatic carbocycles. The van der Waals surface area contributed by atoms with Crippen molar-refractivity contribution in [2.45, 2.75) is 14.7 Å². The number of hydrogen-bond acceptors (Lipinski definition) is 0. The molecule has 0 atom stereocenters. The van der Waals surface area contributed by atoms with Gasteiger partial charge in [-0.3, -0.25) is 0 Å². The molecular weight excluding hydrogens is 357 g/mol. The van der Waals surface area contributed by atoms with Gasteiger partial charge in [0.15, 0.2) is 15.6 Å². The monoisotopic (exact) mass is 367 g/mol. The molecule has 3 rings (SSSR count). The maximum absolute atomic E-state index is 14.3. The quantitative estimate of drug-likeness (QED) is 0.472. The summed E-state index contributed by atoms with van der Waals surface area (Å²) in [6.45, 7) is 0. The van der Waals surface area contributed by atoms with Crippen LogP contribution >= 0.6 is 23.2 Å². The normalized spacial score (nSPS) is 11.0. The topological polar surface area (TPSA) is 0 Å². The number of rotatable bonds is 3. The fourth-order valence-electron chi connectivity index (χ4n) is 2.17. The van der Waals surface area contributed by atoms with Gasteiger partial charge in [0, 0.05) is 16.1 Å². The van der Waals surface area contributed by atoms with Crippen LogP contribution in [0.15, 0.2) is 81.4 Å². The second-order valence-electron chi connectivity index (χ2n) is 4.79. The molecule has 0 heterocycles. The Morgan fingerprint density at radius 1 is 0.652 bits per heavy atom. The standard InChI is InChI=1S/C18H11Cl2F2S/c19-12-1-6-15(7-2-12)23(16-8-3-13(20)4-9-16)18-11-14(21)5-10-17(18)22/h1-11H/q+1. The first kappa shape index (κ1) is 16.3. The van der Waals surface area contributed by atoms with Crippen molar-refractivity contribution in [1.82, 2.24) is 0 Å². The summed E-state index contributed by atoms with van der Waals surface area (Å²) in [5.41, 5.74) is 0. The molecule has 23 heavy (non-hydrogen) atoms. The van der Waals surface area contributed by atoms with Gasteiger partial charge in [0.2, 0.25) is 4.90 Å².